The van der Waals surface area contributed by atoms with Crippen molar-refractivity contribution in [2.24, 2.45) is 5.92 Å². The fourth-order valence-corrected chi connectivity index (χ4v) is 4.25. The van der Waals surface area contributed by atoms with E-state index in [4.69, 9.17) is 15.2 Å². The van der Waals surface area contributed by atoms with Crippen molar-refractivity contribution in [2.75, 3.05) is 5.73 Å². The number of nitrogens with zero attached hydrogens (tertiary/aromatic N) is 3. The summed E-state index contributed by atoms with van der Waals surface area (Å²) in [5.41, 5.74) is 8.27. The smallest absolute Gasteiger partial charge is 0.151 e. The maximum atomic E-state index is 6.56. The highest BCUT2D eigenvalue weighted by atomic mass is 16.6. The van der Waals surface area contributed by atoms with Crippen LogP contribution in [0.1, 0.15) is 38.4 Å². The normalized spacial score (nSPS) is 28.0. The lowest BCUT2D eigenvalue weighted by Gasteiger charge is -2.31. The van der Waals surface area contributed by atoms with Crippen molar-refractivity contribution in [1.29, 1.82) is 0 Å². The third-order valence-electron chi connectivity index (χ3n) is 5.67. The minimum atomic E-state index is -0.623. The Kier molecular flexibility index (Phi) is 4.61. The first-order chi connectivity index (χ1) is 13.0. The van der Waals surface area contributed by atoms with Gasteiger partial charge in [0.2, 0.25) is 0 Å². The van der Waals surface area contributed by atoms with Gasteiger partial charge in [0.25, 0.3) is 0 Å². The Balaban J connectivity index is 1.71. The minimum Gasteiger partial charge on any atom is -0.382 e. The van der Waals surface area contributed by atoms with Gasteiger partial charge in [0.05, 0.1) is 24.5 Å². The van der Waals surface area contributed by atoms with Crippen molar-refractivity contribution in [2.45, 2.75) is 51.6 Å². The lowest BCUT2D eigenvalue weighted by atomic mass is 9.87. The molecular formula is C21H26N4O2. The van der Waals surface area contributed by atoms with Gasteiger partial charge in [-0.2, -0.15) is 5.10 Å². The van der Waals surface area contributed by atoms with E-state index in [2.05, 4.69) is 43.0 Å². The van der Waals surface area contributed by atoms with Crippen LogP contribution in [-0.2, 0) is 21.7 Å². The van der Waals surface area contributed by atoms with Crippen LogP contribution in [0.2, 0.25) is 0 Å². The van der Waals surface area contributed by atoms with Crippen molar-refractivity contribution < 1.29 is 9.47 Å². The van der Waals surface area contributed by atoms with E-state index in [9.17, 15) is 0 Å². The van der Waals surface area contributed by atoms with Crippen molar-refractivity contribution >= 4 is 11.3 Å². The molecule has 1 fully saturated rings. The molecule has 2 N–H and O–H groups in total. The van der Waals surface area contributed by atoms with E-state index in [-0.39, 0.29) is 18.1 Å². The highest BCUT2D eigenvalue weighted by molar-refractivity contribution is 5.65. The molecule has 1 aromatic carbocycles. The van der Waals surface area contributed by atoms with E-state index in [0.29, 0.717) is 12.4 Å². The van der Waals surface area contributed by atoms with Crippen molar-refractivity contribution in [3.05, 3.63) is 60.0 Å². The molecule has 4 rings (SSSR count). The number of hydrogen-bond donors (Lipinski definition) is 1. The Labute approximate surface area is 159 Å². The van der Waals surface area contributed by atoms with E-state index in [1.54, 1.807) is 0 Å². The summed E-state index contributed by atoms with van der Waals surface area (Å²) in [5.74, 6) is 0.716. The van der Waals surface area contributed by atoms with Crippen LogP contribution in [0, 0.1) is 5.92 Å². The molecule has 0 saturated carbocycles. The molecule has 1 aliphatic rings. The number of benzene rings is 1. The lowest BCUT2D eigenvalue weighted by molar-refractivity contribution is -0.106. The van der Waals surface area contributed by atoms with Crippen molar-refractivity contribution in [3.63, 3.8) is 0 Å². The first kappa shape index (κ1) is 17.9. The third-order valence-corrected chi connectivity index (χ3v) is 5.67. The first-order valence-electron chi connectivity index (χ1n) is 9.46. The summed E-state index contributed by atoms with van der Waals surface area (Å²) in [7, 11) is 0. The molecule has 3 aromatic rings. The van der Waals surface area contributed by atoms with Crippen LogP contribution in [0.25, 0.3) is 5.52 Å². The highest BCUT2D eigenvalue weighted by Crippen LogP contribution is 2.46. The Hall–Kier alpha value is -2.44. The van der Waals surface area contributed by atoms with Crippen molar-refractivity contribution in [1.82, 2.24) is 14.6 Å². The molecule has 6 heteroatoms. The summed E-state index contributed by atoms with van der Waals surface area (Å²) in [6.07, 6.45) is 2.44. The molecule has 1 aliphatic heterocycles. The summed E-state index contributed by atoms with van der Waals surface area (Å²) in [5, 5.41) is 4.41. The van der Waals surface area contributed by atoms with E-state index in [0.717, 1.165) is 23.2 Å². The number of ether oxygens (including phenoxy) is 2. The number of nitrogen functional groups attached to an aromatic ring is 1. The quantitative estimate of drug-likeness (QED) is 0.747. The van der Waals surface area contributed by atoms with Gasteiger partial charge in [0.15, 0.2) is 5.82 Å². The summed E-state index contributed by atoms with van der Waals surface area (Å²) in [6, 6.07) is 14.2. The number of nitrogens with two attached hydrogens (primary N) is 1. The average Bonchev–Trinajstić information content (AvgIpc) is 3.22. The summed E-state index contributed by atoms with van der Waals surface area (Å²) in [6.45, 7) is 6.99. The Morgan fingerprint density at radius 1 is 1.22 bits per heavy atom. The molecule has 1 saturated heterocycles. The Morgan fingerprint density at radius 2 is 2.00 bits per heavy atom. The highest BCUT2D eigenvalue weighted by Gasteiger charge is 2.53. The molecular weight excluding hydrogens is 340 g/mol. The molecule has 6 nitrogen and oxygen atoms in total. The zero-order valence-corrected chi connectivity index (χ0v) is 16.0. The van der Waals surface area contributed by atoms with Crippen LogP contribution in [0.3, 0.4) is 0 Å². The van der Waals surface area contributed by atoms with Crippen molar-refractivity contribution in [3.8, 4) is 0 Å². The number of hydrogen-bond acceptors (Lipinski definition) is 5. The van der Waals surface area contributed by atoms with Gasteiger partial charge >= 0.3 is 0 Å². The Bertz CT molecular complexity index is 926. The van der Waals surface area contributed by atoms with E-state index in [1.165, 1.54) is 6.33 Å². The van der Waals surface area contributed by atoms with E-state index < -0.39 is 5.60 Å². The van der Waals surface area contributed by atoms with Gasteiger partial charge in [-0.25, -0.2) is 9.50 Å². The van der Waals surface area contributed by atoms with Crippen LogP contribution in [0.5, 0.6) is 0 Å². The maximum Gasteiger partial charge on any atom is 0.151 e. The Morgan fingerprint density at radius 3 is 2.74 bits per heavy atom. The van der Waals surface area contributed by atoms with E-state index >= 15 is 0 Å². The zero-order chi connectivity index (χ0) is 19.0. The van der Waals surface area contributed by atoms with Gasteiger partial charge < -0.3 is 15.2 Å². The summed E-state index contributed by atoms with van der Waals surface area (Å²) in [4.78, 5) is 4.08. The molecule has 1 unspecified atom stereocenters. The van der Waals surface area contributed by atoms with Gasteiger partial charge in [-0.15, -0.1) is 0 Å². The topological polar surface area (TPSA) is 74.7 Å². The second kappa shape index (κ2) is 6.94. The van der Waals surface area contributed by atoms with Gasteiger partial charge in [-0.1, -0.05) is 44.2 Å². The predicted octanol–water partition coefficient (Wildman–Crippen LogP) is 3.56. The molecule has 0 spiro atoms. The van der Waals surface area contributed by atoms with Gasteiger partial charge in [-0.3, -0.25) is 0 Å². The standard InChI is InChI=1S/C21H26N4O2/c1-4-17-14(2)19(26-12-15-8-6-5-7-9-15)21(3,27-17)18-11-10-16-20(22)23-13-24-25(16)18/h5-11,13-14,17,19H,4,12H2,1-3H3,(H2,22,23,24)/t14?,17-,19+,21-/m1/s1. The number of aromatic nitrogens is 3. The van der Waals surface area contributed by atoms with Crippen LogP contribution in [-0.4, -0.2) is 26.8 Å². The minimum absolute atomic E-state index is 0.100. The van der Waals surface area contributed by atoms with Crippen LogP contribution >= 0.6 is 0 Å². The van der Waals surface area contributed by atoms with Gasteiger partial charge in [-0.05, 0) is 31.0 Å². The zero-order valence-electron chi connectivity index (χ0n) is 16.0. The van der Waals surface area contributed by atoms with E-state index in [1.807, 2.05) is 34.8 Å². The lowest BCUT2D eigenvalue weighted by Crippen LogP contribution is -2.39. The first-order valence-corrected chi connectivity index (χ1v) is 9.46. The molecule has 27 heavy (non-hydrogen) atoms. The number of fused-ring (bicyclic) bond motifs is 1. The fraction of sp³-hybridized carbons (Fsp3) is 0.429. The third kappa shape index (κ3) is 2.99. The number of anilines is 1. The fourth-order valence-electron chi connectivity index (χ4n) is 4.25. The molecule has 0 aliphatic carbocycles. The monoisotopic (exact) mass is 366 g/mol. The van der Waals surface area contributed by atoms with Crippen LogP contribution < -0.4 is 5.73 Å². The van der Waals surface area contributed by atoms with Crippen LogP contribution in [0.4, 0.5) is 5.82 Å². The van der Waals surface area contributed by atoms with Gasteiger partial charge in [0.1, 0.15) is 17.4 Å². The second-order valence-corrected chi connectivity index (χ2v) is 7.41. The molecule has 0 bridgehead atoms. The number of rotatable bonds is 5. The molecule has 0 amide bonds. The van der Waals surface area contributed by atoms with Gasteiger partial charge in [0, 0.05) is 5.92 Å². The van der Waals surface area contributed by atoms with Crippen LogP contribution in [0.15, 0.2) is 48.8 Å². The molecule has 4 atom stereocenters. The summed E-state index contributed by atoms with van der Waals surface area (Å²) < 4.78 is 14.8. The molecule has 3 heterocycles. The molecule has 142 valence electrons. The SMILES string of the molecule is CC[C@H]1O[C@](C)(c2ccc3c(N)ncnn23)[C@@H](OCc2ccccc2)C1C. The summed E-state index contributed by atoms with van der Waals surface area (Å²) >= 11 is 0. The second-order valence-electron chi connectivity index (χ2n) is 7.41. The molecule has 2 aromatic heterocycles. The predicted molar refractivity (Wildman–Crippen MR) is 104 cm³/mol. The largest absolute Gasteiger partial charge is 0.382 e. The molecule has 0 radical (unpaired) electrons. The average molecular weight is 366 g/mol. The maximum absolute atomic E-state index is 6.56.